The van der Waals surface area contributed by atoms with Crippen molar-refractivity contribution in [3.05, 3.63) is 59.5 Å². The fourth-order valence-electron chi connectivity index (χ4n) is 3.75. The summed E-state index contributed by atoms with van der Waals surface area (Å²) in [5.41, 5.74) is 3.44. The van der Waals surface area contributed by atoms with Crippen LogP contribution < -0.4 is 15.5 Å². The molecule has 0 bridgehead atoms. The van der Waals surface area contributed by atoms with Gasteiger partial charge in [0.25, 0.3) is 5.91 Å². The van der Waals surface area contributed by atoms with E-state index >= 15 is 0 Å². The molecule has 0 spiro atoms. The van der Waals surface area contributed by atoms with Crippen LogP contribution in [0.25, 0.3) is 10.9 Å². The molecule has 1 fully saturated rings. The molecule has 1 aliphatic rings. The van der Waals surface area contributed by atoms with Gasteiger partial charge in [0.15, 0.2) is 0 Å². The highest BCUT2D eigenvalue weighted by Crippen LogP contribution is 2.24. The first kappa shape index (κ1) is 19.8. The minimum Gasteiger partial charge on any atom is -0.368 e. The summed E-state index contributed by atoms with van der Waals surface area (Å²) in [5, 5.41) is 5.93. The maximum atomic E-state index is 14.0. The lowest BCUT2D eigenvalue weighted by atomic mass is 10.1. The molecule has 1 aromatic heterocycles. The van der Waals surface area contributed by atoms with E-state index in [-0.39, 0.29) is 17.8 Å². The molecule has 1 saturated heterocycles. The lowest BCUT2D eigenvalue weighted by Gasteiger charge is -2.36. The van der Waals surface area contributed by atoms with Crippen molar-refractivity contribution in [2.45, 2.75) is 6.92 Å². The van der Waals surface area contributed by atoms with Crippen molar-refractivity contribution in [3.63, 3.8) is 0 Å². The van der Waals surface area contributed by atoms with Crippen LogP contribution in [0.5, 0.6) is 0 Å². The van der Waals surface area contributed by atoms with Crippen molar-refractivity contribution in [1.29, 1.82) is 0 Å². The number of amides is 3. The monoisotopic (exact) mass is 409 g/mol. The Bertz CT molecular complexity index is 1060. The standard InChI is InChI=1S/C22H24FN5O2/c1-14-6-7-18(23)17-13-19(26-20(14)17)21(29)25-15-4-3-5-16(12-15)27-8-10-28(11-9-27)22(30)24-2/h3-7,12-13,26H,8-11H2,1-2H3,(H,24,30)(H,25,29). The summed E-state index contributed by atoms with van der Waals surface area (Å²) >= 11 is 0. The number of aromatic amines is 1. The molecule has 2 aromatic carbocycles. The fraction of sp³-hybridized carbons (Fsp3) is 0.273. The van der Waals surface area contributed by atoms with Crippen LogP contribution in [0.15, 0.2) is 42.5 Å². The van der Waals surface area contributed by atoms with Gasteiger partial charge < -0.3 is 25.4 Å². The molecule has 30 heavy (non-hydrogen) atoms. The normalized spacial score (nSPS) is 14.1. The zero-order chi connectivity index (χ0) is 21.3. The summed E-state index contributed by atoms with van der Waals surface area (Å²) in [6.07, 6.45) is 0. The second kappa shape index (κ2) is 8.06. The highest BCUT2D eigenvalue weighted by Gasteiger charge is 2.21. The number of nitrogens with one attached hydrogen (secondary N) is 3. The van der Waals surface area contributed by atoms with Crippen molar-refractivity contribution in [2.75, 3.05) is 43.4 Å². The molecule has 0 radical (unpaired) electrons. The van der Waals surface area contributed by atoms with E-state index in [9.17, 15) is 14.0 Å². The van der Waals surface area contributed by atoms with Crippen molar-refractivity contribution in [3.8, 4) is 0 Å². The van der Waals surface area contributed by atoms with E-state index in [1.165, 1.54) is 12.1 Å². The van der Waals surface area contributed by atoms with E-state index in [0.29, 0.717) is 48.5 Å². The predicted molar refractivity (Wildman–Crippen MR) is 116 cm³/mol. The number of H-pyrrole nitrogens is 1. The van der Waals surface area contributed by atoms with Gasteiger partial charge in [-0.15, -0.1) is 0 Å². The molecule has 7 nitrogen and oxygen atoms in total. The molecular weight excluding hydrogens is 385 g/mol. The van der Waals surface area contributed by atoms with Gasteiger partial charge in [-0.3, -0.25) is 4.79 Å². The van der Waals surface area contributed by atoms with Crippen LogP contribution in [0.2, 0.25) is 0 Å². The van der Waals surface area contributed by atoms with Gasteiger partial charge in [0.2, 0.25) is 0 Å². The Balaban J connectivity index is 1.47. The first-order valence-electron chi connectivity index (χ1n) is 9.87. The molecule has 0 atom stereocenters. The molecular formula is C22H24FN5O2. The number of carbonyl (C=O) groups excluding carboxylic acids is 2. The summed E-state index contributed by atoms with van der Waals surface area (Å²) < 4.78 is 14.0. The largest absolute Gasteiger partial charge is 0.368 e. The number of anilines is 2. The first-order valence-corrected chi connectivity index (χ1v) is 9.87. The minimum atomic E-state index is -0.358. The molecule has 3 N–H and O–H groups in total. The third kappa shape index (κ3) is 3.80. The Morgan fingerprint density at radius 2 is 1.83 bits per heavy atom. The highest BCUT2D eigenvalue weighted by molar-refractivity contribution is 6.06. The Morgan fingerprint density at radius 1 is 1.07 bits per heavy atom. The predicted octanol–water partition coefficient (Wildman–Crippen LogP) is 3.33. The van der Waals surface area contributed by atoms with Crippen molar-refractivity contribution < 1.29 is 14.0 Å². The van der Waals surface area contributed by atoms with Crippen molar-refractivity contribution in [2.24, 2.45) is 0 Å². The topological polar surface area (TPSA) is 80.5 Å². The number of rotatable bonds is 3. The van der Waals surface area contributed by atoms with E-state index < -0.39 is 0 Å². The fourth-order valence-corrected chi connectivity index (χ4v) is 3.75. The smallest absolute Gasteiger partial charge is 0.317 e. The van der Waals surface area contributed by atoms with Crippen molar-refractivity contribution in [1.82, 2.24) is 15.2 Å². The van der Waals surface area contributed by atoms with Crippen LogP contribution in [0.3, 0.4) is 0 Å². The van der Waals surface area contributed by atoms with Gasteiger partial charge >= 0.3 is 6.03 Å². The second-order valence-corrected chi connectivity index (χ2v) is 7.37. The summed E-state index contributed by atoms with van der Waals surface area (Å²) in [5.74, 6) is -0.685. The number of hydrogen-bond donors (Lipinski definition) is 3. The molecule has 0 unspecified atom stereocenters. The molecule has 3 aromatic rings. The third-order valence-corrected chi connectivity index (χ3v) is 5.44. The van der Waals surface area contributed by atoms with Crippen LogP contribution in [-0.2, 0) is 0 Å². The van der Waals surface area contributed by atoms with Crippen LogP contribution in [0.1, 0.15) is 16.1 Å². The van der Waals surface area contributed by atoms with Gasteiger partial charge in [0.1, 0.15) is 11.5 Å². The SMILES string of the molecule is CNC(=O)N1CCN(c2cccc(NC(=O)c3cc4c(F)ccc(C)c4[nH]3)c2)CC1. The lowest BCUT2D eigenvalue weighted by Crippen LogP contribution is -2.51. The number of piperazine rings is 1. The van der Waals surface area contributed by atoms with Gasteiger partial charge in [0.05, 0.1) is 5.52 Å². The Kier molecular flexibility index (Phi) is 5.31. The number of urea groups is 1. The van der Waals surface area contributed by atoms with Gasteiger partial charge in [-0.25, -0.2) is 9.18 Å². The van der Waals surface area contributed by atoms with E-state index in [1.807, 2.05) is 31.2 Å². The average Bonchev–Trinajstić information content (AvgIpc) is 3.23. The van der Waals surface area contributed by atoms with Gasteiger partial charge in [-0.2, -0.15) is 0 Å². The zero-order valence-corrected chi connectivity index (χ0v) is 17.0. The van der Waals surface area contributed by atoms with Crippen LogP contribution >= 0.6 is 0 Å². The number of aryl methyl sites for hydroxylation is 1. The van der Waals surface area contributed by atoms with Gasteiger partial charge in [-0.05, 0) is 42.8 Å². The van der Waals surface area contributed by atoms with Crippen LogP contribution in [0.4, 0.5) is 20.6 Å². The number of hydrogen-bond acceptors (Lipinski definition) is 3. The van der Waals surface area contributed by atoms with Gasteiger partial charge in [0, 0.05) is 50.0 Å². The van der Waals surface area contributed by atoms with Crippen molar-refractivity contribution >= 4 is 34.2 Å². The number of benzene rings is 2. The van der Waals surface area contributed by atoms with Gasteiger partial charge in [-0.1, -0.05) is 12.1 Å². The van der Waals surface area contributed by atoms with Crippen LogP contribution in [0, 0.1) is 12.7 Å². The van der Waals surface area contributed by atoms with E-state index in [1.54, 1.807) is 18.0 Å². The summed E-state index contributed by atoms with van der Waals surface area (Å²) in [6, 6.07) is 12.1. The lowest BCUT2D eigenvalue weighted by molar-refractivity contribution is 0.102. The maximum Gasteiger partial charge on any atom is 0.317 e. The van der Waals surface area contributed by atoms with Crippen LogP contribution in [-0.4, -0.2) is 55.0 Å². The summed E-state index contributed by atoms with van der Waals surface area (Å²) in [7, 11) is 1.63. The number of carbonyl (C=O) groups is 2. The minimum absolute atomic E-state index is 0.0688. The zero-order valence-electron chi connectivity index (χ0n) is 17.0. The Morgan fingerprint density at radius 3 is 2.53 bits per heavy atom. The maximum absolute atomic E-state index is 14.0. The Labute approximate surface area is 173 Å². The Hall–Kier alpha value is -3.55. The summed E-state index contributed by atoms with van der Waals surface area (Å²) in [6.45, 7) is 4.57. The highest BCUT2D eigenvalue weighted by atomic mass is 19.1. The number of aromatic nitrogens is 1. The molecule has 0 saturated carbocycles. The quantitative estimate of drug-likeness (QED) is 0.621. The number of fused-ring (bicyclic) bond motifs is 1. The number of nitrogens with zero attached hydrogens (tertiary/aromatic N) is 2. The molecule has 4 rings (SSSR count). The summed E-state index contributed by atoms with van der Waals surface area (Å²) in [4.78, 5) is 31.4. The molecule has 1 aliphatic heterocycles. The van der Waals surface area contributed by atoms with E-state index in [2.05, 4.69) is 20.5 Å². The molecule has 156 valence electrons. The molecule has 8 heteroatoms. The van der Waals surface area contributed by atoms with E-state index in [4.69, 9.17) is 0 Å². The number of halogens is 1. The second-order valence-electron chi connectivity index (χ2n) is 7.37. The molecule has 3 amide bonds. The first-order chi connectivity index (χ1) is 14.5. The van der Waals surface area contributed by atoms with E-state index in [0.717, 1.165) is 11.3 Å². The average molecular weight is 409 g/mol. The molecule has 2 heterocycles. The third-order valence-electron chi connectivity index (χ3n) is 5.44. The molecule has 0 aliphatic carbocycles.